The van der Waals surface area contributed by atoms with Crippen molar-refractivity contribution in [1.82, 2.24) is 20.2 Å². The Morgan fingerprint density at radius 2 is 2.22 bits per heavy atom. The SMILES string of the molecule is CN(/C=C(/Cc1cnc[nH]1)C(=O)NC=O)C1CCC(/C=C/P(O)O)O1.CO. The van der Waals surface area contributed by atoms with Crippen molar-refractivity contribution in [1.29, 1.82) is 0 Å². The molecule has 1 aromatic rings. The highest BCUT2D eigenvalue weighted by Gasteiger charge is 2.26. The second kappa shape index (κ2) is 12.3. The van der Waals surface area contributed by atoms with E-state index in [4.69, 9.17) is 19.6 Å². The number of aromatic nitrogens is 2. The van der Waals surface area contributed by atoms with Crippen LogP contribution in [-0.4, -0.2) is 68.6 Å². The summed E-state index contributed by atoms with van der Waals surface area (Å²) in [6.45, 7) is 0. The minimum atomic E-state index is -2.08. The number of nitrogens with one attached hydrogen (secondary N) is 2. The molecule has 0 bridgehead atoms. The van der Waals surface area contributed by atoms with Crippen LogP contribution in [0.4, 0.5) is 0 Å². The third-order valence-electron chi connectivity index (χ3n) is 3.70. The number of hydrogen-bond acceptors (Lipinski definition) is 8. The standard InChI is InChI=1S/C15H21N4O5P.CH4O/c1-19(14-3-2-13(24-14)4-5-25(22)23)8-11(15(21)18-10-20)6-12-7-16-9-17-12;1-2/h4-5,7-10,13-14,22-23H,2-3,6H2,1H3,(H,16,17)(H,18,20,21);2H,1H3/b5-4+,11-8-;. The van der Waals surface area contributed by atoms with Gasteiger partial charge in [0.2, 0.25) is 6.41 Å². The van der Waals surface area contributed by atoms with Crippen molar-refractivity contribution in [3.63, 3.8) is 0 Å². The van der Waals surface area contributed by atoms with Gasteiger partial charge in [-0.25, -0.2) is 4.98 Å². The Bertz CT molecular complexity index is 635. The molecule has 0 saturated carbocycles. The smallest absolute Gasteiger partial charge is 0.255 e. The molecule has 150 valence electrons. The van der Waals surface area contributed by atoms with Crippen LogP contribution in [0.2, 0.25) is 0 Å². The monoisotopic (exact) mass is 400 g/mol. The molecule has 2 amide bonds. The fraction of sp³-hybridized carbons (Fsp3) is 0.438. The van der Waals surface area contributed by atoms with E-state index in [1.54, 1.807) is 30.4 Å². The number of aliphatic hydroxyl groups excluding tert-OH is 1. The number of nitrogens with zero attached hydrogens (tertiary/aromatic N) is 2. The third-order valence-corrected chi connectivity index (χ3v) is 4.13. The number of imide groups is 1. The first kappa shape index (κ1) is 22.9. The summed E-state index contributed by atoms with van der Waals surface area (Å²) >= 11 is 0. The van der Waals surface area contributed by atoms with Crippen LogP contribution in [0.5, 0.6) is 0 Å². The van der Waals surface area contributed by atoms with Crippen LogP contribution >= 0.6 is 8.38 Å². The van der Waals surface area contributed by atoms with Crippen LogP contribution in [-0.2, 0) is 20.7 Å². The molecule has 2 heterocycles. The highest BCUT2D eigenvalue weighted by Crippen LogP contribution is 2.29. The Balaban J connectivity index is 0.00000176. The molecule has 0 radical (unpaired) electrons. The number of aliphatic hydroxyl groups is 1. The van der Waals surface area contributed by atoms with Crippen LogP contribution in [0.1, 0.15) is 18.5 Å². The second-order valence-electron chi connectivity index (χ2n) is 5.53. The van der Waals surface area contributed by atoms with Gasteiger partial charge in [-0.1, -0.05) is 6.08 Å². The van der Waals surface area contributed by atoms with Gasteiger partial charge in [0, 0.05) is 44.2 Å². The predicted octanol–water partition coefficient (Wildman–Crippen LogP) is -0.0357. The van der Waals surface area contributed by atoms with Gasteiger partial charge in [-0.05, 0) is 18.7 Å². The van der Waals surface area contributed by atoms with Crippen molar-refractivity contribution in [3.8, 4) is 0 Å². The van der Waals surface area contributed by atoms with E-state index >= 15 is 0 Å². The Kier molecular flexibility index (Phi) is 10.5. The van der Waals surface area contributed by atoms with Gasteiger partial charge in [-0.3, -0.25) is 14.9 Å². The number of carbonyl (C=O) groups is 2. The number of carbonyl (C=O) groups excluding carboxylic acids is 2. The quantitative estimate of drug-likeness (QED) is 0.232. The van der Waals surface area contributed by atoms with E-state index in [1.165, 1.54) is 12.1 Å². The molecule has 2 atom stereocenters. The topological polar surface area (TPSA) is 148 Å². The Hall–Kier alpha value is -2.10. The Morgan fingerprint density at radius 3 is 2.81 bits per heavy atom. The lowest BCUT2D eigenvalue weighted by atomic mass is 10.1. The van der Waals surface area contributed by atoms with Gasteiger partial charge in [-0.2, -0.15) is 0 Å². The number of imidazole rings is 1. The summed E-state index contributed by atoms with van der Waals surface area (Å²) in [5.41, 5.74) is 1.13. The zero-order valence-electron chi connectivity index (χ0n) is 15.1. The van der Waals surface area contributed by atoms with Gasteiger partial charge in [0.15, 0.2) is 8.38 Å². The zero-order chi connectivity index (χ0) is 20.2. The summed E-state index contributed by atoms with van der Waals surface area (Å²) in [5, 5.41) is 9.14. The molecular formula is C16H25N4O6P. The summed E-state index contributed by atoms with van der Waals surface area (Å²) < 4.78 is 5.81. The van der Waals surface area contributed by atoms with Gasteiger partial charge in [0.25, 0.3) is 5.91 Å². The highest BCUT2D eigenvalue weighted by atomic mass is 31.2. The average molecular weight is 400 g/mol. The van der Waals surface area contributed by atoms with E-state index in [0.717, 1.165) is 25.6 Å². The third kappa shape index (κ3) is 7.98. The predicted molar refractivity (Wildman–Crippen MR) is 98.9 cm³/mol. The maximum atomic E-state index is 12.1. The number of H-pyrrole nitrogens is 1. The average Bonchev–Trinajstić information content (AvgIpc) is 3.33. The van der Waals surface area contributed by atoms with Crippen LogP contribution in [0, 0.1) is 0 Å². The number of aromatic amines is 1. The zero-order valence-corrected chi connectivity index (χ0v) is 16.0. The van der Waals surface area contributed by atoms with E-state index in [1.807, 2.05) is 0 Å². The fourth-order valence-electron chi connectivity index (χ4n) is 2.51. The largest absolute Gasteiger partial charge is 0.400 e. The lowest BCUT2D eigenvalue weighted by Crippen LogP contribution is -2.30. The lowest BCUT2D eigenvalue weighted by Gasteiger charge is -2.23. The summed E-state index contributed by atoms with van der Waals surface area (Å²) in [6, 6.07) is 0. The molecule has 11 heteroatoms. The number of rotatable bonds is 8. The summed E-state index contributed by atoms with van der Waals surface area (Å²) in [6.07, 6.45) is 8.04. The minimum Gasteiger partial charge on any atom is -0.400 e. The first-order valence-electron chi connectivity index (χ1n) is 8.09. The maximum absolute atomic E-state index is 12.1. The molecule has 1 fully saturated rings. The molecule has 2 unspecified atom stereocenters. The van der Waals surface area contributed by atoms with E-state index in [0.29, 0.717) is 18.4 Å². The molecule has 10 nitrogen and oxygen atoms in total. The Morgan fingerprint density at radius 1 is 1.48 bits per heavy atom. The number of hydrogen-bond donors (Lipinski definition) is 5. The van der Waals surface area contributed by atoms with Crippen LogP contribution < -0.4 is 5.32 Å². The maximum Gasteiger partial charge on any atom is 0.255 e. The van der Waals surface area contributed by atoms with Gasteiger partial charge >= 0.3 is 0 Å². The first-order chi connectivity index (χ1) is 13.0. The van der Waals surface area contributed by atoms with Gasteiger partial charge < -0.3 is 29.5 Å². The van der Waals surface area contributed by atoms with Crippen molar-refractivity contribution < 1.29 is 29.2 Å². The molecule has 0 aliphatic carbocycles. The summed E-state index contributed by atoms with van der Waals surface area (Å²) in [7, 11) is 0.702. The highest BCUT2D eigenvalue weighted by molar-refractivity contribution is 7.48. The van der Waals surface area contributed by atoms with Crippen molar-refractivity contribution in [2.45, 2.75) is 31.6 Å². The number of ether oxygens (including phenoxy) is 1. The van der Waals surface area contributed by atoms with E-state index in [2.05, 4.69) is 15.3 Å². The van der Waals surface area contributed by atoms with E-state index < -0.39 is 14.3 Å². The van der Waals surface area contributed by atoms with E-state index in [9.17, 15) is 9.59 Å². The summed E-state index contributed by atoms with van der Waals surface area (Å²) in [4.78, 5) is 49.1. The van der Waals surface area contributed by atoms with Crippen molar-refractivity contribution in [2.75, 3.05) is 14.2 Å². The molecule has 0 aromatic carbocycles. The molecule has 1 saturated heterocycles. The first-order valence-corrected chi connectivity index (χ1v) is 9.41. The minimum absolute atomic E-state index is 0.204. The Labute approximate surface area is 158 Å². The molecule has 1 aromatic heterocycles. The summed E-state index contributed by atoms with van der Waals surface area (Å²) in [5.74, 6) is 0.830. The van der Waals surface area contributed by atoms with Gasteiger partial charge in [-0.15, -0.1) is 0 Å². The van der Waals surface area contributed by atoms with E-state index in [-0.39, 0.29) is 12.3 Å². The van der Waals surface area contributed by atoms with Crippen LogP contribution in [0.15, 0.2) is 36.2 Å². The molecular weight excluding hydrogens is 375 g/mol. The van der Waals surface area contributed by atoms with Crippen molar-refractivity contribution in [3.05, 3.63) is 41.9 Å². The van der Waals surface area contributed by atoms with Crippen molar-refractivity contribution >= 4 is 20.7 Å². The van der Waals surface area contributed by atoms with Crippen LogP contribution in [0.3, 0.4) is 0 Å². The molecule has 5 N–H and O–H groups in total. The normalized spacial score (nSPS) is 19.7. The molecule has 1 aliphatic rings. The second-order valence-corrected chi connectivity index (χ2v) is 6.47. The molecule has 27 heavy (non-hydrogen) atoms. The van der Waals surface area contributed by atoms with Crippen LogP contribution in [0.25, 0.3) is 0 Å². The van der Waals surface area contributed by atoms with Gasteiger partial charge in [0.1, 0.15) is 6.23 Å². The fourth-order valence-corrected chi connectivity index (χ4v) is 2.85. The molecule has 2 rings (SSSR count). The lowest BCUT2D eigenvalue weighted by molar-refractivity contribution is -0.122. The van der Waals surface area contributed by atoms with Gasteiger partial charge in [0.05, 0.1) is 12.4 Å². The molecule has 1 aliphatic heterocycles. The molecule has 0 spiro atoms. The van der Waals surface area contributed by atoms with Crippen molar-refractivity contribution in [2.24, 2.45) is 0 Å². The number of amides is 2.